The smallest absolute Gasteiger partial charge is 0.338 e. The Hall–Kier alpha value is -2.55. The van der Waals surface area contributed by atoms with Gasteiger partial charge in [-0.1, -0.05) is 23.2 Å². The van der Waals surface area contributed by atoms with Crippen LogP contribution in [0.15, 0.2) is 42.5 Å². The van der Waals surface area contributed by atoms with Crippen molar-refractivity contribution in [2.24, 2.45) is 0 Å². The minimum Gasteiger partial charge on any atom is -0.452 e. The number of esters is 1. The van der Waals surface area contributed by atoms with Crippen molar-refractivity contribution in [2.75, 3.05) is 11.9 Å². The molecule has 0 heterocycles. The van der Waals surface area contributed by atoms with Crippen molar-refractivity contribution < 1.29 is 14.3 Å². The molecule has 1 N–H and O–H groups in total. The van der Waals surface area contributed by atoms with Crippen molar-refractivity contribution in [1.82, 2.24) is 0 Å². The average molecular weight is 349 g/mol. The van der Waals surface area contributed by atoms with E-state index in [1.807, 2.05) is 6.07 Å². The highest BCUT2D eigenvalue weighted by Gasteiger charge is 2.11. The number of amides is 1. The van der Waals surface area contributed by atoms with Gasteiger partial charge in [0.05, 0.1) is 17.2 Å². The first-order valence-electron chi connectivity index (χ1n) is 6.41. The number of hydrogen-bond donors (Lipinski definition) is 1. The van der Waals surface area contributed by atoms with Crippen LogP contribution in [0.4, 0.5) is 5.69 Å². The Morgan fingerprint density at radius 3 is 2.26 bits per heavy atom. The van der Waals surface area contributed by atoms with Crippen LogP contribution >= 0.6 is 23.2 Å². The molecule has 0 aliphatic rings. The van der Waals surface area contributed by atoms with Gasteiger partial charge in [0.15, 0.2) is 6.61 Å². The SMILES string of the molecule is N#Cc1ccc(C(=O)OCC(=O)Nc2cc(Cl)cc(Cl)c2)cc1. The predicted molar refractivity (Wildman–Crippen MR) is 86.5 cm³/mol. The normalized spacial score (nSPS) is 9.78. The summed E-state index contributed by atoms with van der Waals surface area (Å²) in [6.07, 6.45) is 0. The van der Waals surface area contributed by atoms with E-state index in [1.165, 1.54) is 42.5 Å². The Balaban J connectivity index is 1.90. The largest absolute Gasteiger partial charge is 0.452 e. The minimum atomic E-state index is -0.659. The van der Waals surface area contributed by atoms with Gasteiger partial charge in [-0.3, -0.25) is 4.79 Å². The number of nitrogens with one attached hydrogen (secondary N) is 1. The van der Waals surface area contributed by atoms with Crippen LogP contribution < -0.4 is 5.32 Å². The zero-order valence-corrected chi connectivity index (χ0v) is 13.2. The summed E-state index contributed by atoms with van der Waals surface area (Å²) in [6, 6.07) is 12.4. The van der Waals surface area contributed by atoms with Crippen molar-refractivity contribution in [2.45, 2.75) is 0 Å². The second-order valence-corrected chi connectivity index (χ2v) is 5.34. The van der Waals surface area contributed by atoms with Gasteiger partial charge in [-0.2, -0.15) is 5.26 Å². The first-order valence-corrected chi connectivity index (χ1v) is 7.17. The Morgan fingerprint density at radius 2 is 1.70 bits per heavy atom. The molecule has 5 nitrogen and oxygen atoms in total. The van der Waals surface area contributed by atoms with Crippen molar-refractivity contribution in [3.8, 4) is 6.07 Å². The molecular weight excluding hydrogens is 339 g/mol. The summed E-state index contributed by atoms with van der Waals surface area (Å²) >= 11 is 11.6. The Bertz CT molecular complexity index is 763. The van der Waals surface area contributed by atoms with E-state index in [4.69, 9.17) is 33.2 Å². The molecule has 2 aromatic rings. The number of rotatable bonds is 4. The molecule has 0 saturated carbocycles. The number of nitrogens with zero attached hydrogens (tertiary/aromatic N) is 1. The molecule has 23 heavy (non-hydrogen) atoms. The van der Waals surface area contributed by atoms with E-state index in [0.717, 1.165) is 0 Å². The third kappa shape index (κ3) is 4.99. The van der Waals surface area contributed by atoms with Gasteiger partial charge in [-0.15, -0.1) is 0 Å². The van der Waals surface area contributed by atoms with E-state index < -0.39 is 18.5 Å². The standard InChI is InChI=1S/C16H10Cl2N2O3/c17-12-5-13(18)7-14(6-12)20-15(21)9-23-16(22)11-3-1-10(8-19)2-4-11/h1-7H,9H2,(H,20,21). The van der Waals surface area contributed by atoms with Gasteiger partial charge < -0.3 is 10.1 Å². The quantitative estimate of drug-likeness (QED) is 0.855. The van der Waals surface area contributed by atoms with E-state index in [1.54, 1.807) is 0 Å². The van der Waals surface area contributed by atoms with Gasteiger partial charge >= 0.3 is 5.97 Å². The molecular formula is C16H10Cl2N2O3. The number of halogens is 2. The Kier molecular flexibility index (Phi) is 5.58. The number of benzene rings is 2. The maximum absolute atomic E-state index is 11.8. The summed E-state index contributed by atoms with van der Waals surface area (Å²) < 4.78 is 4.90. The lowest BCUT2D eigenvalue weighted by molar-refractivity contribution is -0.119. The maximum Gasteiger partial charge on any atom is 0.338 e. The van der Waals surface area contributed by atoms with Crippen LogP contribution in [0.5, 0.6) is 0 Å². The topological polar surface area (TPSA) is 79.2 Å². The summed E-state index contributed by atoms with van der Waals surface area (Å²) in [6.45, 7) is -0.455. The summed E-state index contributed by atoms with van der Waals surface area (Å²) in [5.74, 6) is -1.18. The Morgan fingerprint density at radius 1 is 1.09 bits per heavy atom. The summed E-state index contributed by atoms with van der Waals surface area (Å²) in [5, 5.41) is 12.0. The fourth-order valence-electron chi connectivity index (χ4n) is 1.72. The number of carbonyl (C=O) groups excluding carboxylic acids is 2. The summed E-state index contributed by atoms with van der Waals surface area (Å²) in [5.41, 5.74) is 1.08. The highest BCUT2D eigenvalue weighted by Crippen LogP contribution is 2.22. The Labute approximate surface area is 142 Å². The highest BCUT2D eigenvalue weighted by molar-refractivity contribution is 6.35. The van der Waals surface area contributed by atoms with Gasteiger partial charge in [0.1, 0.15) is 0 Å². The number of ether oxygens (including phenoxy) is 1. The van der Waals surface area contributed by atoms with E-state index in [-0.39, 0.29) is 5.56 Å². The number of carbonyl (C=O) groups is 2. The molecule has 0 bridgehead atoms. The van der Waals surface area contributed by atoms with E-state index in [0.29, 0.717) is 21.3 Å². The van der Waals surface area contributed by atoms with Crippen LogP contribution in [0, 0.1) is 11.3 Å². The lowest BCUT2D eigenvalue weighted by atomic mass is 10.1. The third-order valence-corrected chi connectivity index (χ3v) is 3.17. The number of nitriles is 1. The van der Waals surface area contributed by atoms with Crippen LogP contribution in [0.2, 0.25) is 10.0 Å². The molecule has 2 aromatic carbocycles. The molecule has 0 unspecified atom stereocenters. The molecule has 0 aliphatic carbocycles. The number of anilines is 1. The van der Waals surface area contributed by atoms with Crippen LogP contribution in [-0.2, 0) is 9.53 Å². The van der Waals surface area contributed by atoms with E-state index in [9.17, 15) is 9.59 Å². The second kappa shape index (κ2) is 7.63. The zero-order valence-electron chi connectivity index (χ0n) is 11.7. The zero-order chi connectivity index (χ0) is 16.8. The summed E-state index contributed by atoms with van der Waals surface area (Å²) in [4.78, 5) is 23.5. The lowest BCUT2D eigenvalue weighted by Crippen LogP contribution is -2.20. The van der Waals surface area contributed by atoms with E-state index in [2.05, 4.69) is 5.32 Å². The maximum atomic E-state index is 11.8. The fraction of sp³-hybridized carbons (Fsp3) is 0.0625. The molecule has 0 atom stereocenters. The van der Waals surface area contributed by atoms with Crippen LogP contribution in [0.25, 0.3) is 0 Å². The van der Waals surface area contributed by atoms with Crippen LogP contribution in [0.3, 0.4) is 0 Å². The first kappa shape index (κ1) is 16.8. The number of hydrogen-bond acceptors (Lipinski definition) is 4. The fourth-order valence-corrected chi connectivity index (χ4v) is 2.24. The monoisotopic (exact) mass is 348 g/mol. The predicted octanol–water partition coefficient (Wildman–Crippen LogP) is 3.66. The van der Waals surface area contributed by atoms with Crippen LogP contribution in [-0.4, -0.2) is 18.5 Å². The molecule has 0 radical (unpaired) electrons. The van der Waals surface area contributed by atoms with Crippen molar-refractivity contribution in [3.05, 3.63) is 63.6 Å². The first-order chi connectivity index (χ1) is 11.0. The van der Waals surface area contributed by atoms with Gasteiger partial charge in [-0.05, 0) is 42.5 Å². The van der Waals surface area contributed by atoms with Crippen LogP contribution in [0.1, 0.15) is 15.9 Å². The molecule has 0 saturated heterocycles. The molecule has 2 rings (SSSR count). The second-order valence-electron chi connectivity index (χ2n) is 4.47. The van der Waals surface area contributed by atoms with Gasteiger partial charge in [0, 0.05) is 15.7 Å². The minimum absolute atomic E-state index is 0.252. The van der Waals surface area contributed by atoms with Crippen molar-refractivity contribution >= 4 is 40.8 Å². The van der Waals surface area contributed by atoms with Gasteiger partial charge in [-0.25, -0.2) is 4.79 Å². The molecule has 0 aliphatic heterocycles. The average Bonchev–Trinajstić information content (AvgIpc) is 2.51. The van der Waals surface area contributed by atoms with E-state index >= 15 is 0 Å². The van der Waals surface area contributed by atoms with Gasteiger partial charge in [0.25, 0.3) is 5.91 Å². The van der Waals surface area contributed by atoms with Crippen molar-refractivity contribution in [1.29, 1.82) is 5.26 Å². The lowest BCUT2D eigenvalue weighted by Gasteiger charge is -2.07. The molecule has 0 fully saturated rings. The molecule has 7 heteroatoms. The molecule has 0 spiro atoms. The highest BCUT2D eigenvalue weighted by atomic mass is 35.5. The van der Waals surface area contributed by atoms with Gasteiger partial charge in [0.2, 0.25) is 0 Å². The molecule has 116 valence electrons. The van der Waals surface area contributed by atoms with Crippen molar-refractivity contribution in [3.63, 3.8) is 0 Å². The molecule has 1 amide bonds. The summed E-state index contributed by atoms with van der Waals surface area (Å²) in [7, 11) is 0. The molecule has 0 aromatic heterocycles. The third-order valence-electron chi connectivity index (χ3n) is 2.73.